The Morgan fingerprint density at radius 1 is 1.48 bits per heavy atom. The van der Waals surface area contributed by atoms with Gasteiger partial charge in [-0.3, -0.25) is 14.2 Å². The van der Waals surface area contributed by atoms with E-state index in [0.29, 0.717) is 4.47 Å². The minimum Gasteiger partial charge on any atom is -0.368 e. The van der Waals surface area contributed by atoms with Crippen LogP contribution in [0, 0.1) is 0 Å². The van der Waals surface area contributed by atoms with E-state index >= 15 is 0 Å². The number of nitrogens with two attached hydrogens (primary N) is 1. The summed E-state index contributed by atoms with van der Waals surface area (Å²) < 4.78 is 28.7. The van der Waals surface area contributed by atoms with Crippen LogP contribution in [0.25, 0.3) is 0 Å². The molecule has 10 heteroatoms. The Kier molecular flexibility index (Phi) is 4.55. The van der Waals surface area contributed by atoms with Crippen molar-refractivity contribution in [3.05, 3.63) is 40.1 Å². The van der Waals surface area contributed by atoms with Gasteiger partial charge < -0.3 is 5.73 Å². The molecule has 21 heavy (non-hydrogen) atoms. The zero-order chi connectivity index (χ0) is 15.6. The molecular formula is C11H10BrClN4O3S. The van der Waals surface area contributed by atoms with Crippen molar-refractivity contribution in [2.24, 2.45) is 5.73 Å². The SMILES string of the molecule is NC(=O)Cn1cc(NS(=O)(=O)c2ccc(Br)cc2Cl)cn1. The summed E-state index contributed by atoms with van der Waals surface area (Å²) in [6.45, 7) is -0.138. The lowest BCUT2D eigenvalue weighted by Gasteiger charge is -2.07. The lowest BCUT2D eigenvalue weighted by molar-refractivity contribution is -0.118. The lowest BCUT2D eigenvalue weighted by atomic mass is 10.4. The van der Waals surface area contributed by atoms with Crippen molar-refractivity contribution < 1.29 is 13.2 Å². The highest BCUT2D eigenvalue weighted by atomic mass is 79.9. The predicted octanol–water partition coefficient (Wildman–Crippen LogP) is 1.59. The van der Waals surface area contributed by atoms with Crippen LogP contribution in [0.3, 0.4) is 0 Å². The van der Waals surface area contributed by atoms with Gasteiger partial charge >= 0.3 is 0 Å². The summed E-state index contributed by atoms with van der Waals surface area (Å²) in [7, 11) is -3.85. The Balaban J connectivity index is 2.25. The Labute approximate surface area is 134 Å². The Morgan fingerprint density at radius 3 is 2.81 bits per heavy atom. The van der Waals surface area contributed by atoms with E-state index in [1.807, 2.05) is 0 Å². The number of rotatable bonds is 5. The first-order valence-corrected chi connectivity index (χ1v) is 8.22. The molecule has 0 spiro atoms. The van der Waals surface area contributed by atoms with Gasteiger partial charge in [0, 0.05) is 10.7 Å². The van der Waals surface area contributed by atoms with Crippen LogP contribution in [0.15, 0.2) is 40.0 Å². The van der Waals surface area contributed by atoms with E-state index in [0.717, 1.165) is 0 Å². The van der Waals surface area contributed by atoms with Crippen LogP contribution in [-0.4, -0.2) is 24.1 Å². The fourth-order valence-electron chi connectivity index (χ4n) is 1.57. The number of nitrogens with zero attached hydrogens (tertiary/aromatic N) is 2. The molecule has 1 amide bonds. The highest BCUT2D eigenvalue weighted by molar-refractivity contribution is 9.10. The molecule has 0 atom stereocenters. The van der Waals surface area contributed by atoms with Crippen molar-refractivity contribution >= 4 is 49.1 Å². The molecule has 1 aromatic carbocycles. The maximum atomic E-state index is 12.2. The molecule has 0 aliphatic rings. The lowest BCUT2D eigenvalue weighted by Crippen LogP contribution is -2.18. The van der Waals surface area contributed by atoms with E-state index in [4.69, 9.17) is 17.3 Å². The van der Waals surface area contributed by atoms with Crippen LogP contribution in [0.2, 0.25) is 5.02 Å². The number of anilines is 1. The molecule has 7 nitrogen and oxygen atoms in total. The summed E-state index contributed by atoms with van der Waals surface area (Å²) in [5.41, 5.74) is 5.23. The number of aromatic nitrogens is 2. The zero-order valence-electron chi connectivity index (χ0n) is 10.5. The highest BCUT2D eigenvalue weighted by Gasteiger charge is 2.19. The average Bonchev–Trinajstić information content (AvgIpc) is 2.73. The van der Waals surface area contributed by atoms with Gasteiger partial charge in [0.2, 0.25) is 5.91 Å². The molecule has 0 unspecified atom stereocenters. The van der Waals surface area contributed by atoms with E-state index in [-0.39, 0.29) is 22.2 Å². The summed E-state index contributed by atoms with van der Waals surface area (Å²) in [6.07, 6.45) is 2.63. The number of primary amides is 1. The number of sulfonamides is 1. The van der Waals surface area contributed by atoms with Gasteiger partial charge in [0.05, 0.1) is 16.9 Å². The quantitative estimate of drug-likeness (QED) is 0.804. The second kappa shape index (κ2) is 6.04. The van der Waals surface area contributed by atoms with Gasteiger partial charge in [-0.2, -0.15) is 5.10 Å². The molecule has 2 aromatic rings. The number of nitrogens with one attached hydrogen (secondary N) is 1. The molecule has 3 N–H and O–H groups in total. The van der Waals surface area contributed by atoms with Crippen molar-refractivity contribution in [1.29, 1.82) is 0 Å². The molecule has 0 radical (unpaired) electrons. The van der Waals surface area contributed by atoms with Crippen LogP contribution < -0.4 is 10.5 Å². The molecule has 1 aromatic heterocycles. The van der Waals surface area contributed by atoms with Crippen molar-refractivity contribution in [1.82, 2.24) is 9.78 Å². The monoisotopic (exact) mass is 392 g/mol. The van der Waals surface area contributed by atoms with Crippen LogP contribution in [-0.2, 0) is 21.4 Å². The smallest absolute Gasteiger partial charge is 0.263 e. The predicted molar refractivity (Wildman–Crippen MR) is 81.4 cm³/mol. The first-order valence-electron chi connectivity index (χ1n) is 5.56. The Morgan fingerprint density at radius 2 is 2.19 bits per heavy atom. The number of carbonyl (C=O) groups is 1. The highest BCUT2D eigenvalue weighted by Crippen LogP contribution is 2.26. The third-order valence-electron chi connectivity index (χ3n) is 2.39. The van der Waals surface area contributed by atoms with Crippen molar-refractivity contribution in [2.45, 2.75) is 11.4 Å². The van der Waals surface area contributed by atoms with E-state index in [2.05, 4.69) is 25.8 Å². The minimum absolute atomic E-state index is 0.0602. The van der Waals surface area contributed by atoms with E-state index in [9.17, 15) is 13.2 Å². The molecule has 0 bridgehead atoms. The maximum Gasteiger partial charge on any atom is 0.263 e. The van der Waals surface area contributed by atoms with Crippen molar-refractivity contribution in [2.75, 3.05) is 4.72 Å². The number of carbonyl (C=O) groups excluding carboxylic acids is 1. The summed E-state index contributed by atoms with van der Waals surface area (Å²) >= 11 is 9.12. The average molecular weight is 394 g/mol. The minimum atomic E-state index is -3.85. The molecule has 1 heterocycles. The van der Waals surface area contributed by atoms with Gasteiger partial charge in [0.25, 0.3) is 10.0 Å². The van der Waals surface area contributed by atoms with Crippen LogP contribution in [0.5, 0.6) is 0 Å². The zero-order valence-corrected chi connectivity index (χ0v) is 13.6. The molecule has 0 aliphatic heterocycles. The first-order chi connectivity index (χ1) is 9.78. The van der Waals surface area contributed by atoms with Gasteiger partial charge in [-0.05, 0) is 18.2 Å². The molecule has 0 aliphatic carbocycles. The van der Waals surface area contributed by atoms with E-state index < -0.39 is 15.9 Å². The summed E-state index contributed by atoms with van der Waals surface area (Å²) in [5.74, 6) is -0.580. The first kappa shape index (κ1) is 15.8. The number of amides is 1. The van der Waals surface area contributed by atoms with Crippen molar-refractivity contribution in [3.63, 3.8) is 0 Å². The largest absolute Gasteiger partial charge is 0.368 e. The van der Waals surface area contributed by atoms with Gasteiger partial charge in [0.15, 0.2) is 0 Å². The molecule has 0 saturated heterocycles. The van der Waals surface area contributed by atoms with Gasteiger partial charge in [-0.1, -0.05) is 27.5 Å². The number of hydrogen-bond acceptors (Lipinski definition) is 4. The fraction of sp³-hybridized carbons (Fsp3) is 0.0909. The van der Waals surface area contributed by atoms with Crippen LogP contribution in [0.4, 0.5) is 5.69 Å². The summed E-state index contributed by atoms with van der Waals surface area (Å²) in [4.78, 5) is 10.7. The third kappa shape index (κ3) is 3.96. The molecular weight excluding hydrogens is 384 g/mol. The van der Waals surface area contributed by atoms with E-state index in [1.165, 1.54) is 29.2 Å². The second-order valence-electron chi connectivity index (χ2n) is 4.07. The Bertz CT molecular complexity index is 791. The molecule has 0 saturated carbocycles. The Hall–Kier alpha value is -1.58. The topological polar surface area (TPSA) is 107 Å². The summed E-state index contributed by atoms with van der Waals surface area (Å²) in [6, 6.07) is 4.42. The van der Waals surface area contributed by atoms with Gasteiger partial charge in [-0.25, -0.2) is 8.42 Å². The van der Waals surface area contributed by atoms with Gasteiger partial charge in [-0.15, -0.1) is 0 Å². The second-order valence-corrected chi connectivity index (χ2v) is 7.05. The number of hydrogen-bond donors (Lipinski definition) is 2. The maximum absolute atomic E-state index is 12.2. The van der Waals surface area contributed by atoms with Gasteiger partial charge in [0.1, 0.15) is 11.4 Å². The van der Waals surface area contributed by atoms with Crippen molar-refractivity contribution in [3.8, 4) is 0 Å². The molecule has 2 rings (SSSR count). The van der Waals surface area contributed by atoms with Crippen LogP contribution >= 0.6 is 27.5 Å². The standard InChI is InChI=1S/C11H10BrClN4O3S/c12-7-1-2-10(9(13)3-7)21(19,20)16-8-4-15-17(5-8)6-11(14)18/h1-5,16H,6H2,(H2,14,18). The normalized spacial score (nSPS) is 11.3. The number of halogens is 2. The molecule has 0 fully saturated rings. The summed E-state index contributed by atoms with van der Waals surface area (Å²) in [5, 5.41) is 3.90. The van der Waals surface area contributed by atoms with E-state index in [1.54, 1.807) is 6.07 Å². The molecule has 112 valence electrons. The fourth-order valence-corrected chi connectivity index (χ4v) is 3.63. The van der Waals surface area contributed by atoms with Crippen LogP contribution in [0.1, 0.15) is 0 Å². The number of benzene rings is 1. The third-order valence-corrected chi connectivity index (χ3v) is 4.74.